The Bertz CT molecular complexity index is 570. The van der Waals surface area contributed by atoms with Gasteiger partial charge in [-0.3, -0.25) is 4.79 Å². The SMILES string of the molecule is COc1ccc(CC(=O)Nc2ncccc2Br)cc1. The van der Waals surface area contributed by atoms with Crippen molar-refractivity contribution in [2.24, 2.45) is 0 Å². The van der Waals surface area contributed by atoms with E-state index in [9.17, 15) is 4.79 Å². The molecule has 98 valence electrons. The van der Waals surface area contributed by atoms with E-state index < -0.39 is 0 Å². The van der Waals surface area contributed by atoms with Crippen molar-refractivity contribution in [3.8, 4) is 5.75 Å². The molecule has 0 saturated heterocycles. The number of ether oxygens (including phenoxy) is 1. The lowest BCUT2D eigenvalue weighted by atomic mass is 10.1. The Hall–Kier alpha value is -1.88. The number of nitrogens with zero attached hydrogens (tertiary/aromatic N) is 1. The van der Waals surface area contributed by atoms with Crippen LogP contribution in [0.4, 0.5) is 5.82 Å². The summed E-state index contributed by atoms with van der Waals surface area (Å²) in [6.45, 7) is 0. The monoisotopic (exact) mass is 320 g/mol. The molecular weight excluding hydrogens is 308 g/mol. The van der Waals surface area contributed by atoms with Crippen molar-refractivity contribution >= 4 is 27.7 Å². The number of benzene rings is 1. The Balaban J connectivity index is 1.99. The van der Waals surface area contributed by atoms with Gasteiger partial charge in [-0.2, -0.15) is 0 Å². The van der Waals surface area contributed by atoms with E-state index >= 15 is 0 Å². The van der Waals surface area contributed by atoms with Gasteiger partial charge in [-0.05, 0) is 45.8 Å². The summed E-state index contributed by atoms with van der Waals surface area (Å²) in [4.78, 5) is 16.0. The quantitative estimate of drug-likeness (QED) is 0.942. The zero-order valence-corrected chi connectivity index (χ0v) is 12.0. The summed E-state index contributed by atoms with van der Waals surface area (Å²) < 4.78 is 5.83. The van der Waals surface area contributed by atoms with E-state index in [2.05, 4.69) is 26.2 Å². The van der Waals surface area contributed by atoms with Crippen molar-refractivity contribution in [2.75, 3.05) is 12.4 Å². The first kappa shape index (κ1) is 13.5. The first-order chi connectivity index (χ1) is 9.19. The maximum absolute atomic E-state index is 11.9. The minimum atomic E-state index is -0.107. The van der Waals surface area contributed by atoms with E-state index in [-0.39, 0.29) is 5.91 Å². The first-order valence-electron chi connectivity index (χ1n) is 5.72. The molecule has 0 saturated carbocycles. The largest absolute Gasteiger partial charge is 0.497 e. The molecule has 0 radical (unpaired) electrons. The second-order valence-corrected chi connectivity index (χ2v) is 4.76. The average molecular weight is 321 g/mol. The number of methoxy groups -OCH3 is 1. The molecule has 0 spiro atoms. The number of aromatic nitrogens is 1. The second kappa shape index (κ2) is 6.33. The van der Waals surface area contributed by atoms with Gasteiger partial charge in [-0.25, -0.2) is 4.98 Å². The Morgan fingerprint density at radius 3 is 2.68 bits per heavy atom. The van der Waals surface area contributed by atoms with Crippen LogP contribution in [0.15, 0.2) is 47.1 Å². The van der Waals surface area contributed by atoms with Crippen LogP contribution >= 0.6 is 15.9 Å². The van der Waals surface area contributed by atoms with Crippen LogP contribution in [0.3, 0.4) is 0 Å². The van der Waals surface area contributed by atoms with Crippen LogP contribution in [0.5, 0.6) is 5.75 Å². The number of hydrogen-bond acceptors (Lipinski definition) is 3. The van der Waals surface area contributed by atoms with Gasteiger partial charge in [0.05, 0.1) is 18.0 Å². The molecule has 0 unspecified atom stereocenters. The molecule has 0 aliphatic heterocycles. The average Bonchev–Trinajstić information content (AvgIpc) is 2.42. The van der Waals surface area contributed by atoms with Crippen molar-refractivity contribution < 1.29 is 9.53 Å². The Morgan fingerprint density at radius 2 is 2.05 bits per heavy atom. The van der Waals surface area contributed by atoms with Gasteiger partial charge in [-0.15, -0.1) is 0 Å². The number of nitrogens with one attached hydrogen (secondary N) is 1. The fourth-order valence-corrected chi connectivity index (χ4v) is 1.94. The van der Waals surface area contributed by atoms with Crippen LogP contribution in [0.2, 0.25) is 0 Å². The Morgan fingerprint density at radius 1 is 1.32 bits per heavy atom. The summed E-state index contributed by atoms with van der Waals surface area (Å²) in [5.74, 6) is 1.20. The van der Waals surface area contributed by atoms with Crippen molar-refractivity contribution in [2.45, 2.75) is 6.42 Å². The van der Waals surface area contributed by atoms with E-state index in [0.29, 0.717) is 12.2 Å². The summed E-state index contributed by atoms with van der Waals surface area (Å²) in [6, 6.07) is 11.0. The van der Waals surface area contributed by atoms with Gasteiger partial charge in [0, 0.05) is 6.20 Å². The highest BCUT2D eigenvalue weighted by Crippen LogP contribution is 2.18. The summed E-state index contributed by atoms with van der Waals surface area (Å²) in [5.41, 5.74) is 0.922. The van der Waals surface area contributed by atoms with Gasteiger partial charge in [0.2, 0.25) is 5.91 Å². The van der Waals surface area contributed by atoms with Crippen LogP contribution < -0.4 is 10.1 Å². The third kappa shape index (κ3) is 3.79. The number of pyridine rings is 1. The van der Waals surface area contributed by atoms with Crippen LogP contribution in [-0.2, 0) is 11.2 Å². The Kier molecular flexibility index (Phi) is 4.52. The van der Waals surface area contributed by atoms with Crippen LogP contribution in [0.25, 0.3) is 0 Å². The van der Waals surface area contributed by atoms with Crippen LogP contribution in [-0.4, -0.2) is 18.0 Å². The lowest BCUT2D eigenvalue weighted by Gasteiger charge is -2.06. The van der Waals surface area contributed by atoms with Crippen molar-refractivity contribution in [1.29, 1.82) is 0 Å². The van der Waals surface area contributed by atoms with Gasteiger partial charge in [0.25, 0.3) is 0 Å². The summed E-state index contributed by atoms with van der Waals surface area (Å²) in [6.07, 6.45) is 1.93. The molecule has 2 aromatic rings. The molecule has 1 aromatic heterocycles. The number of carbonyl (C=O) groups is 1. The van der Waals surface area contributed by atoms with E-state index in [4.69, 9.17) is 4.74 Å². The fourth-order valence-electron chi connectivity index (χ4n) is 1.58. The predicted molar refractivity (Wildman–Crippen MR) is 77.3 cm³/mol. The van der Waals surface area contributed by atoms with Gasteiger partial charge < -0.3 is 10.1 Å². The molecule has 5 heteroatoms. The first-order valence-corrected chi connectivity index (χ1v) is 6.51. The molecule has 1 heterocycles. The standard InChI is InChI=1S/C14H13BrN2O2/c1-19-11-6-4-10(5-7-11)9-13(18)17-14-12(15)3-2-8-16-14/h2-8H,9H2,1H3,(H,16,17,18). The minimum Gasteiger partial charge on any atom is -0.497 e. The molecule has 4 nitrogen and oxygen atoms in total. The van der Waals surface area contributed by atoms with Crippen LogP contribution in [0.1, 0.15) is 5.56 Å². The number of hydrogen-bond donors (Lipinski definition) is 1. The van der Waals surface area contributed by atoms with E-state index in [1.54, 1.807) is 19.4 Å². The zero-order valence-electron chi connectivity index (χ0n) is 10.4. The lowest BCUT2D eigenvalue weighted by molar-refractivity contribution is -0.115. The predicted octanol–water partition coefficient (Wildman–Crippen LogP) is 3.03. The topological polar surface area (TPSA) is 51.2 Å². The summed E-state index contributed by atoms with van der Waals surface area (Å²) >= 11 is 3.34. The highest BCUT2D eigenvalue weighted by molar-refractivity contribution is 9.10. The molecule has 1 amide bonds. The van der Waals surface area contributed by atoms with Crippen molar-refractivity contribution in [3.63, 3.8) is 0 Å². The van der Waals surface area contributed by atoms with Gasteiger partial charge >= 0.3 is 0 Å². The molecule has 1 aromatic carbocycles. The van der Waals surface area contributed by atoms with Gasteiger partial charge in [0.15, 0.2) is 0 Å². The summed E-state index contributed by atoms with van der Waals surface area (Å²) in [5, 5.41) is 2.76. The molecule has 1 N–H and O–H groups in total. The second-order valence-electron chi connectivity index (χ2n) is 3.91. The molecule has 0 aliphatic rings. The molecule has 19 heavy (non-hydrogen) atoms. The third-order valence-corrected chi connectivity index (χ3v) is 3.18. The fraction of sp³-hybridized carbons (Fsp3) is 0.143. The van der Waals surface area contributed by atoms with E-state index in [1.165, 1.54) is 0 Å². The molecule has 2 rings (SSSR count). The third-order valence-electron chi connectivity index (χ3n) is 2.54. The highest BCUT2D eigenvalue weighted by Gasteiger charge is 2.07. The van der Waals surface area contributed by atoms with E-state index in [0.717, 1.165) is 15.8 Å². The van der Waals surface area contributed by atoms with Crippen molar-refractivity contribution in [1.82, 2.24) is 4.98 Å². The number of amides is 1. The van der Waals surface area contributed by atoms with Gasteiger partial charge in [0.1, 0.15) is 11.6 Å². The number of rotatable bonds is 4. The molecule has 0 atom stereocenters. The molecule has 0 fully saturated rings. The maximum Gasteiger partial charge on any atom is 0.229 e. The Labute approximate surface area is 119 Å². The minimum absolute atomic E-state index is 0.107. The normalized spacial score (nSPS) is 10.0. The molecule has 0 aliphatic carbocycles. The van der Waals surface area contributed by atoms with Gasteiger partial charge in [-0.1, -0.05) is 12.1 Å². The number of carbonyl (C=O) groups excluding carboxylic acids is 1. The van der Waals surface area contributed by atoms with E-state index in [1.807, 2.05) is 30.3 Å². The number of anilines is 1. The molecular formula is C14H13BrN2O2. The van der Waals surface area contributed by atoms with Crippen LogP contribution in [0, 0.1) is 0 Å². The molecule has 0 bridgehead atoms. The lowest BCUT2D eigenvalue weighted by Crippen LogP contribution is -2.15. The maximum atomic E-state index is 11.9. The highest BCUT2D eigenvalue weighted by atomic mass is 79.9. The smallest absolute Gasteiger partial charge is 0.229 e. The zero-order chi connectivity index (χ0) is 13.7. The number of halogens is 1. The van der Waals surface area contributed by atoms with Crippen molar-refractivity contribution in [3.05, 3.63) is 52.6 Å². The summed E-state index contributed by atoms with van der Waals surface area (Å²) in [7, 11) is 1.61.